The molecule has 0 radical (unpaired) electrons. The molecule has 2 aromatic carbocycles. The largest absolute Gasteiger partial charge is 0.351 e. The zero-order valence-electron chi connectivity index (χ0n) is 18.4. The van der Waals surface area contributed by atoms with Crippen LogP contribution in [-0.2, 0) is 17.9 Å². The van der Waals surface area contributed by atoms with Crippen molar-refractivity contribution in [1.82, 2.24) is 29.9 Å². The van der Waals surface area contributed by atoms with E-state index in [1.54, 1.807) is 0 Å². The summed E-state index contributed by atoms with van der Waals surface area (Å²) >= 11 is 1.40. The van der Waals surface area contributed by atoms with Crippen LogP contribution in [0.15, 0.2) is 65.8 Å². The van der Waals surface area contributed by atoms with Crippen molar-refractivity contribution in [2.45, 2.75) is 39.0 Å². The normalized spacial score (nSPS) is 11.0. The van der Waals surface area contributed by atoms with E-state index in [0.717, 1.165) is 33.6 Å². The van der Waals surface area contributed by atoms with Crippen LogP contribution in [0.3, 0.4) is 0 Å². The molecule has 0 unspecified atom stereocenters. The van der Waals surface area contributed by atoms with E-state index in [-0.39, 0.29) is 11.7 Å². The average molecular weight is 447 g/mol. The van der Waals surface area contributed by atoms with Gasteiger partial charge >= 0.3 is 0 Å². The number of amides is 1. The second-order valence-corrected chi connectivity index (χ2v) is 8.51. The molecule has 1 N–H and O–H groups in total. The van der Waals surface area contributed by atoms with Gasteiger partial charge in [-0.25, -0.2) is 4.68 Å². The first-order valence-electron chi connectivity index (χ1n) is 10.5. The van der Waals surface area contributed by atoms with Gasteiger partial charge < -0.3 is 9.88 Å². The fraction of sp³-hybridized carbons (Fsp3) is 0.250. The van der Waals surface area contributed by atoms with E-state index in [1.807, 2.05) is 78.6 Å². The van der Waals surface area contributed by atoms with Crippen LogP contribution < -0.4 is 5.32 Å². The molecule has 4 aromatic rings. The molecule has 0 bridgehead atoms. The Bertz CT molecular complexity index is 1200. The van der Waals surface area contributed by atoms with Crippen molar-refractivity contribution in [3.8, 4) is 5.69 Å². The molecule has 0 fully saturated rings. The number of nitrogens with one attached hydrogen (secondary N) is 1. The first-order chi connectivity index (χ1) is 15.5. The molecule has 0 atom stereocenters. The Labute approximate surface area is 191 Å². The van der Waals surface area contributed by atoms with E-state index in [4.69, 9.17) is 0 Å². The topological polar surface area (TPSA) is 77.6 Å². The predicted octanol–water partition coefficient (Wildman–Crippen LogP) is 3.85. The van der Waals surface area contributed by atoms with Crippen molar-refractivity contribution in [2.24, 2.45) is 0 Å². The maximum Gasteiger partial charge on any atom is 0.230 e. The summed E-state index contributed by atoms with van der Waals surface area (Å²) in [5, 5.41) is 16.8. The number of benzene rings is 2. The molecule has 2 aromatic heterocycles. The van der Waals surface area contributed by atoms with Crippen molar-refractivity contribution in [2.75, 3.05) is 5.75 Å². The van der Waals surface area contributed by atoms with E-state index in [0.29, 0.717) is 13.1 Å². The Morgan fingerprint density at radius 2 is 1.66 bits per heavy atom. The number of nitrogens with zero attached hydrogens (tertiary/aromatic N) is 5. The molecule has 164 valence electrons. The number of carbonyl (C=O) groups is 1. The van der Waals surface area contributed by atoms with Crippen LogP contribution in [0, 0.1) is 20.8 Å². The lowest BCUT2D eigenvalue weighted by molar-refractivity contribution is -0.118. The van der Waals surface area contributed by atoms with Crippen molar-refractivity contribution in [3.63, 3.8) is 0 Å². The third-order valence-corrected chi connectivity index (χ3v) is 6.29. The summed E-state index contributed by atoms with van der Waals surface area (Å²) < 4.78 is 3.95. The second kappa shape index (κ2) is 9.82. The zero-order chi connectivity index (χ0) is 22.5. The van der Waals surface area contributed by atoms with Crippen molar-refractivity contribution in [1.29, 1.82) is 0 Å². The summed E-state index contributed by atoms with van der Waals surface area (Å²) in [6.45, 7) is 7.05. The summed E-state index contributed by atoms with van der Waals surface area (Å²) in [6, 6.07) is 20.2. The molecular formula is C24H26N6OS. The van der Waals surface area contributed by atoms with Gasteiger partial charge in [0.05, 0.1) is 23.7 Å². The van der Waals surface area contributed by atoms with Gasteiger partial charge in [0.1, 0.15) is 5.82 Å². The summed E-state index contributed by atoms with van der Waals surface area (Å²) in [5.74, 6) is 1.06. The molecule has 7 nitrogen and oxygen atoms in total. The van der Waals surface area contributed by atoms with Crippen molar-refractivity contribution in [3.05, 3.63) is 89.0 Å². The molecule has 1 amide bonds. The van der Waals surface area contributed by atoms with Gasteiger partial charge in [-0.05, 0) is 38.5 Å². The lowest BCUT2D eigenvalue weighted by Gasteiger charge is -2.09. The van der Waals surface area contributed by atoms with Gasteiger partial charge in [0, 0.05) is 17.8 Å². The maximum atomic E-state index is 12.5. The van der Waals surface area contributed by atoms with Gasteiger partial charge in [0.2, 0.25) is 5.91 Å². The average Bonchev–Trinajstić information content (AvgIpc) is 3.30. The number of hydrogen-bond donors (Lipinski definition) is 1. The highest BCUT2D eigenvalue weighted by molar-refractivity contribution is 7.99. The highest BCUT2D eigenvalue weighted by atomic mass is 32.2. The number of hydrogen-bond acceptors (Lipinski definition) is 5. The van der Waals surface area contributed by atoms with Crippen molar-refractivity contribution < 1.29 is 4.79 Å². The van der Waals surface area contributed by atoms with E-state index in [1.165, 1.54) is 17.3 Å². The minimum absolute atomic E-state index is 0.0480. The zero-order valence-corrected chi connectivity index (χ0v) is 19.3. The Hall–Kier alpha value is -3.39. The lowest BCUT2D eigenvalue weighted by atomic mass is 10.2. The van der Waals surface area contributed by atoms with E-state index >= 15 is 0 Å². The van der Waals surface area contributed by atoms with Gasteiger partial charge in [-0.1, -0.05) is 60.3 Å². The second-order valence-electron chi connectivity index (χ2n) is 7.56. The monoisotopic (exact) mass is 446 g/mol. The molecule has 0 saturated heterocycles. The minimum Gasteiger partial charge on any atom is -0.351 e. The minimum atomic E-state index is -0.0480. The summed E-state index contributed by atoms with van der Waals surface area (Å²) in [5.41, 5.74) is 5.16. The van der Waals surface area contributed by atoms with Crippen LogP contribution in [0.1, 0.15) is 28.3 Å². The van der Waals surface area contributed by atoms with Crippen molar-refractivity contribution >= 4 is 17.7 Å². The number of aromatic nitrogens is 5. The Kier molecular flexibility index (Phi) is 6.70. The predicted molar refractivity (Wildman–Crippen MR) is 126 cm³/mol. The van der Waals surface area contributed by atoms with Crippen LogP contribution in [0.25, 0.3) is 5.69 Å². The third-order valence-electron chi connectivity index (χ3n) is 5.32. The number of thioether (sulfide) groups is 1. The summed E-state index contributed by atoms with van der Waals surface area (Å²) in [6.07, 6.45) is 0. The highest BCUT2D eigenvalue weighted by Gasteiger charge is 2.15. The summed E-state index contributed by atoms with van der Waals surface area (Å²) in [7, 11) is 0. The lowest BCUT2D eigenvalue weighted by Crippen LogP contribution is -2.25. The van der Waals surface area contributed by atoms with E-state index in [2.05, 4.69) is 32.7 Å². The van der Waals surface area contributed by atoms with E-state index < -0.39 is 0 Å². The molecule has 0 aliphatic carbocycles. The number of para-hydroxylation sites is 1. The Morgan fingerprint density at radius 3 is 2.38 bits per heavy atom. The van der Waals surface area contributed by atoms with E-state index in [9.17, 15) is 4.79 Å². The summed E-state index contributed by atoms with van der Waals surface area (Å²) in [4.78, 5) is 12.5. The highest BCUT2D eigenvalue weighted by Crippen LogP contribution is 2.20. The smallest absolute Gasteiger partial charge is 0.230 e. The molecule has 0 spiro atoms. The van der Waals surface area contributed by atoms with Crippen LogP contribution >= 0.6 is 11.8 Å². The van der Waals surface area contributed by atoms with Crippen LogP contribution in [-0.4, -0.2) is 36.2 Å². The maximum absolute atomic E-state index is 12.5. The fourth-order valence-electron chi connectivity index (χ4n) is 3.54. The molecule has 4 rings (SSSR count). The van der Waals surface area contributed by atoms with Crippen LogP contribution in [0.5, 0.6) is 0 Å². The SMILES string of the molecule is Cc1nn(-c2ccccc2)c(C)c1CNC(=O)CSc1nnc(C)n1Cc1ccccc1. The van der Waals surface area contributed by atoms with Gasteiger partial charge in [0.15, 0.2) is 5.16 Å². The molecule has 0 aliphatic rings. The number of carbonyl (C=O) groups excluding carboxylic acids is 1. The fourth-order valence-corrected chi connectivity index (χ4v) is 4.35. The third kappa shape index (κ3) is 4.91. The first kappa shape index (κ1) is 21.8. The Balaban J connectivity index is 1.36. The van der Waals surface area contributed by atoms with Gasteiger partial charge in [-0.15, -0.1) is 10.2 Å². The van der Waals surface area contributed by atoms with Gasteiger partial charge in [-0.2, -0.15) is 5.10 Å². The quantitative estimate of drug-likeness (QED) is 0.416. The standard InChI is InChI=1S/C24H26N6OS/c1-17-22(18(2)30(28-17)21-12-8-5-9-13-21)14-25-23(31)16-32-24-27-26-19(3)29(24)15-20-10-6-4-7-11-20/h4-13H,14-16H2,1-3H3,(H,25,31). The van der Waals surface area contributed by atoms with Gasteiger partial charge in [-0.3, -0.25) is 4.79 Å². The molecule has 2 heterocycles. The number of rotatable bonds is 8. The molecule has 8 heteroatoms. The molecular weight excluding hydrogens is 420 g/mol. The van der Waals surface area contributed by atoms with Crippen LogP contribution in [0.2, 0.25) is 0 Å². The molecule has 0 aliphatic heterocycles. The Morgan fingerprint density at radius 1 is 0.969 bits per heavy atom. The molecule has 0 saturated carbocycles. The van der Waals surface area contributed by atoms with Crippen LogP contribution in [0.4, 0.5) is 0 Å². The van der Waals surface area contributed by atoms with Gasteiger partial charge in [0.25, 0.3) is 0 Å². The number of aryl methyl sites for hydroxylation is 2. The molecule has 32 heavy (non-hydrogen) atoms. The first-order valence-corrected chi connectivity index (χ1v) is 11.4.